The molecule has 2 aromatic rings. The number of H-pyrrole nitrogens is 2. The molecule has 0 aliphatic rings. The molecule has 1 amide bonds. The zero-order chi connectivity index (χ0) is 16.1. The maximum absolute atomic E-state index is 12.0. The van der Waals surface area contributed by atoms with E-state index in [-0.39, 0.29) is 17.7 Å². The number of aromatic nitrogens is 3. The predicted octanol–water partition coefficient (Wildman–Crippen LogP) is 0.513. The summed E-state index contributed by atoms with van der Waals surface area (Å²) in [4.78, 5) is 38.0. The van der Waals surface area contributed by atoms with E-state index in [4.69, 9.17) is 0 Å². The molecular formula is C15H18N4O3. The summed E-state index contributed by atoms with van der Waals surface area (Å²) in [5.74, 6) is -0.516. The third kappa shape index (κ3) is 3.13. The lowest BCUT2D eigenvalue weighted by molar-refractivity contribution is 0.0949. The molecule has 0 aromatic carbocycles. The van der Waals surface area contributed by atoms with Crippen LogP contribution in [0.4, 0.5) is 0 Å². The van der Waals surface area contributed by atoms with Crippen molar-refractivity contribution in [3.8, 4) is 0 Å². The first-order valence-electron chi connectivity index (χ1n) is 7.13. The van der Waals surface area contributed by atoms with Gasteiger partial charge in [0.05, 0.1) is 5.69 Å². The molecule has 0 spiro atoms. The van der Waals surface area contributed by atoms with Gasteiger partial charge in [-0.3, -0.25) is 14.4 Å². The fourth-order valence-electron chi connectivity index (χ4n) is 2.33. The van der Waals surface area contributed by atoms with Crippen LogP contribution in [0.25, 0.3) is 0 Å². The number of hydrogen-bond acceptors (Lipinski definition) is 4. The molecule has 7 heteroatoms. The van der Waals surface area contributed by atoms with Crippen molar-refractivity contribution >= 4 is 5.91 Å². The van der Waals surface area contributed by atoms with Gasteiger partial charge < -0.3 is 10.3 Å². The third-order valence-electron chi connectivity index (χ3n) is 3.46. The van der Waals surface area contributed by atoms with Crippen LogP contribution in [0.15, 0.2) is 27.9 Å². The van der Waals surface area contributed by atoms with E-state index >= 15 is 0 Å². The molecule has 3 N–H and O–H groups in total. The second-order valence-electron chi connectivity index (χ2n) is 4.76. The Balaban J connectivity index is 2.25. The number of aromatic amines is 2. The minimum absolute atomic E-state index is 0.0155. The molecule has 0 aliphatic heterocycles. The van der Waals surface area contributed by atoms with Crippen LogP contribution in [-0.4, -0.2) is 21.1 Å². The van der Waals surface area contributed by atoms with Crippen LogP contribution in [0.2, 0.25) is 0 Å². The summed E-state index contributed by atoms with van der Waals surface area (Å²) >= 11 is 0. The van der Waals surface area contributed by atoms with Gasteiger partial charge in [-0.1, -0.05) is 13.8 Å². The van der Waals surface area contributed by atoms with Gasteiger partial charge in [-0.2, -0.15) is 5.10 Å². The van der Waals surface area contributed by atoms with E-state index in [1.165, 1.54) is 12.3 Å². The van der Waals surface area contributed by atoms with E-state index in [1.807, 2.05) is 13.8 Å². The molecule has 0 radical (unpaired) electrons. The minimum atomic E-state index is -0.516. The van der Waals surface area contributed by atoms with E-state index < -0.39 is 11.5 Å². The van der Waals surface area contributed by atoms with Crippen LogP contribution in [0.1, 0.15) is 41.0 Å². The SMILES string of the molecule is CCc1n[nH]c(=O)c(CNC(=O)c2ccc[nH]c2=O)c1CC. The largest absolute Gasteiger partial charge is 0.348 e. The van der Waals surface area contributed by atoms with Crippen molar-refractivity contribution in [3.05, 3.63) is 61.4 Å². The van der Waals surface area contributed by atoms with Gasteiger partial charge in [0.2, 0.25) is 0 Å². The second-order valence-corrected chi connectivity index (χ2v) is 4.76. The average Bonchev–Trinajstić information content (AvgIpc) is 2.53. The van der Waals surface area contributed by atoms with E-state index in [9.17, 15) is 14.4 Å². The van der Waals surface area contributed by atoms with Gasteiger partial charge in [-0.15, -0.1) is 0 Å². The van der Waals surface area contributed by atoms with Crippen LogP contribution < -0.4 is 16.4 Å². The first-order chi connectivity index (χ1) is 10.6. The summed E-state index contributed by atoms with van der Waals surface area (Å²) in [7, 11) is 0. The van der Waals surface area contributed by atoms with Crippen LogP contribution in [0.3, 0.4) is 0 Å². The Morgan fingerprint density at radius 2 is 1.95 bits per heavy atom. The summed E-state index contributed by atoms with van der Waals surface area (Å²) in [6, 6.07) is 3.01. The highest BCUT2D eigenvalue weighted by Gasteiger charge is 2.14. The normalized spacial score (nSPS) is 10.5. The fourth-order valence-corrected chi connectivity index (χ4v) is 2.33. The van der Waals surface area contributed by atoms with Gasteiger partial charge in [-0.05, 0) is 30.5 Å². The molecule has 2 aromatic heterocycles. The van der Waals surface area contributed by atoms with Gasteiger partial charge in [0.25, 0.3) is 17.0 Å². The number of pyridine rings is 1. The van der Waals surface area contributed by atoms with Crippen molar-refractivity contribution in [2.24, 2.45) is 0 Å². The number of aryl methyl sites for hydroxylation is 1. The van der Waals surface area contributed by atoms with E-state index in [0.717, 1.165) is 11.3 Å². The van der Waals surface area contributed by atoms with Crippen LogP contribution in [0, 0.1) is 0 Å². The summed E-state index contributed by atoms with van der Waals surface area (Å²) in [6.45, 7) is 3.94. The third-order valence-corrected chi connectivity index (χ3v) is 3.46. The van der Waals surface area contributed by atoms with Gasteiger partial charge >= 0.3 is 0 Å². The predicted molar refractivity (Wildman–Crippen MR) is 81.8 cm³/mol. The highest BCUT2D eigenvalue weighted by molar-refractivity contribution is 5.93. The van der Waals surface area contributed by atoms with Crippen molar-refractivity contribution in [2.45, 2.75) is 33.2 Å². The second kappa shape index (κ2) is 6.84. The Labute approximate surface area is 126 Å². The lowest BCUT2D eigenvalue weighted by atomic mass is 10.0. The maximum Gasteiger partial charge on any atom is 0.269 e. The molecular weight excluding hydrogens is 284 g/mol. The topological polar surface area (TPSA) is 108 Å². The number of hydrogen-bond donors (Lipinski definition) is 3. The Hall–Kier alpha value is -2.70. The molecule has 0 saturated carbocycles. The highest BCUT2D eigenvalue weighted by Crippen LogP contribution is 2.10. The molecule has 2 rings (SSSR count). The van der Waals surface area contributed by atoms with Gasteiger partial charge in [-0.25, -0.2) is 5.10 Å². The van der Waals surface area contributed by atoms with Gasteiger partial charge in [0.1, 0.15) is 5.56 Å². The minimum Gasteiger partial charge on any atom is -0.348 e. The Morgan fingerprint density at radius 1 is 1.18 bits per heavy atom. The monoisotopic (exact) mass is 302 g/mol. The Kier molecular flexibility index (Phi) is 4.88. The lowest BCUT2D eigenvalue weighted by Crippen LogP contribution is -2.32. The summed E-state index contributed by atoms with van der Waals surface area (Å²) < 4.78 is 0. The fraction of sp³-hybridized carbons (Fsp3) is 0.333. The Morgan fingerprint density at radius 3 is 2.59 bits per heavy atom. The number of carbonyl (C=O) groups excluding carboxylic acids is 1. The van der Waals surface area contributed by atoms with Crippen LogP contribution in [-0.2, 0) is 19.4 Å². The number of carbonyl (C=O) groups is 1. The highest BCUT2D eigenvalue weighted by atomic mass is 16.2. The summed E-state index contributed by atoms with van der Waals surface area (Å²) in [5, 5.41) is 9.08. The first kappa shape index (κ1) is 15.7. The smallest absolute Gasteiger partial charge is 0.269 e. The Bertz CT molecular complexity index is 792. The molecule has 0 unspecified atom stereocenters. The zero-order valence-corrected chi connectivity index (χ0v) is 12.5. The lowest BCUT2D eigenvalue weighted by Gasteiger charge is -2.11. The molecule has 0 atom stereocenters. The van der Waals surface area contributed by atoms with Crippen molar-refractivity contribution in [1.29, 1.82) is 0 Å². The summed E-state index contributed by atoms with van der Waals surface area (Å²) in [5.41, 5.74) is 1.36. The molecule has 0 saturated heterocycles. The molecule has 0 fully saturated rings. The quantitative estimate of drug-likeness (QED) is 0.748. The van der Waals surface area contributed by atoms with Crippen molar-refractivity contribution in [2.75, 3.05) is 0 Å². The summed E-state index contributed by atoms with van der Waals surface area (Å²) in [6.07, 6.45) is 2.80. The van der Waals surface area contributed by atoms with E-state index in [1.54, 1.807) is 6.07 Å². The van der Waals surface area contributed by atoms with E-state index in [2.05, 4.69) is 20.5 Å². The average molecular weight is 302 g/mol. The number of amides is 1. The zero-order valence-electron chi connectivity index (χ0n) is 12.5. The maximum atomic E-state index is 12.0. The van der Waals surface area contributed by atoms with Gasteiger partial charge in [0.15, 0.2) is 0 Å². The molecule has 7 nitrogen and oxygen atoms in total. The standard InChI is InChI=1S/C15H18N4O3/c1-3-9-11(15(22)19-18-12(9)4-2)8-17-14(21)10-6-5-7-16-13(10)20/h5-7H,3-4,8H2,1-2H3,(H,16,20)(H,17,21)(H,19,22). The number of nitrogens with zero attached hydrogens (tertiary/aromatic N) is 1. The first-order valence-corrected chi connectivity index (χ1v) is 7.13. The van der Waals surface area contributed by atoms with Crippen molar-refractivity contribution in [3.63, 3.8) is 0 Å². The molecule has 0 aliphatic carbocycles. The van der Waals surface area contributed by atoms with Crippen molar-refractivity contribution in [1.82, 2.24) is 20.5 Å². The molecule has 2 heterocycles. The number of nitrogens with one attached hydrogen (secondary N) is 3. The van der Waals surface area contributed by atoms with Crippen molar-refractivity contribution < 1.29 is 4.79 Å². The van der Waals surface area contributed by atoms with Crippen LogP contribution in [0.5, 0.6) is 0 Å². The van der Waals surface area contributed by atoms with Crippen LogP contribution >= 0.6 is 0 Å². The molecule has 116 valence electrons. The number of rotatable bonds is 5. The molecule has 0 bridgehead atoms. The molecule has 22 heavy (non-hydrogen) atoms. The van der Waals surface area contributed by atoms with E-state index in [0.29, 0.717) is 18.4 Å². The van der Waals surface area contributed by atoms with Gasteiger partial charge in [0, 0.05) is 18.3 Å².